The Hall–Kier alpha value is -0.980. The zero-order valence-electron chi connectivity index (χ0n) is 13.5. The van der Waals surface area contributed by atoms with Gasteiger partial charge in [-0.15, -0.1) is 0 Å². The van der Waals surface area contributed by atoms with Crippen molar-refractivity contribution in [1.29, 1.82) is 0 Å². The van der Waals surface area contributed by atoms with Crippen molar-refractivity contribution in [2.45, 2.75) is 72.4 Å². The number of carbonyl (C=O) groups excluding carboxylic acids is 2. The Morgan fingerprint density at radius 1 is 0.800 bits per heavy atom. The lowest BCUT2D eigenvalue weighted by Gasteiger charge is -2.35. The zero-order valence-corrected chi connectivity index (χ0v) is 13.5. The van der Waals surface area contributed by atoms with Crippen LogP contribution < -0.4 is 0 Å². The van der Waals surface area contributed by atoms with Crippen LogP contribution in [0.3, 0.4) is 0 Å². The molecule has 0 fully saturated rings. The van der Waals surface area contributed by atoms with E-state index in [1.165, 1.54) is 6.92 Å². The molecule has 6 heteroatoms. The highest BCUT2D eigenvalue weighted by atomic mass is 16.7. The van der Waals surface area contributed by atoms with Gasteiger partial charge in [-0.3, -0.25) is 0 Å². The van der Waals surface area contributed by atoms with Gasteiger partial charge in [0.05, 0.1) is 5.60 Å². The number of aliphatic hydroxyl groups is 2. The van der Waals surface area contributed by atoms with E-state index in [1.807, 2.05) is 0 Å². The third kappa shape index (κ3) is 4.85. The van der Waals surface area contributed by atoms with Crippen LogP contribution in [0.1, 0.15) is 55.4 Å². The number of carbonyl (C=O) groups is 2. The molecular weight excluding hydrogens is 264 g/mol. The van der Waals surface area contributed by atoms with E-state index in [4.69, 9.17) is 4.74 Å². The molecule has 0 aliphatic rings. The molecule has 0 rings (SSSR count). The van der Waals surface area contributed by atoms with Gasteiger partial charge in [-0.25, -0.2) is 9.59 Å². The number of hydrogen-bond donors (Lipinski definition) is 2. The molecule has 0 saturated heterocycles. The first-order valence-electron chi connectivity index (χ1n) is 6.42. The van der Waals surface area contributed by atoms with Crippen molar-refractivity contribution in [2.24, 2.45) is 5.41 Å². The molecule has 0 aromatic heterocycles. The van der Waals surface area contributed by atoms with Gasteiger partial charge in [-0.1, -0.05) is 20.8 Å². The minimum atomic E-state index is -2.28. The Bertz CT molecular complexity index is 381. The second kappa shape index (κ2) is 5.42. The molecule has 0 bridgehead atoms. The van der Waals surface area contributed by atoms with E-state index in [-0.39, 0.29) is 0 Å². The fourth-order valence-electron chi connectivity index (χ4n) is 1.22. The van der Waals surface area contributed by atoms with Gasteiger partial charge in [0, 0.05) is 12.3 Å². The number of rotatable bonds is 3. The standard InChI is InChI=1S/C14H26O6/c1-11(2,3)13(7,17)9(15)19-10(16)14(8,18)20-12(4,5)6/h17-18H,1-8H3. The van der Waals surface area contributed by atoms with Gasteiger partial charge < -0.3 is 19.7 Å². The maximum atomic E-state index is 11.9. The predicted molar refractivity (Wildman–Crippen MR) is 72.6 cm³/mol. The maximum absolute atomic E-state index is 11.9. The van der Waals surface area contributed by atoms with Crippen molar-refractivity contribution in [1.82, 2.24) is 0 Å². The summed E-state index contributed by atoms with van der Waals surface area (Å²) in [6, 6.07) is 0. The average molecular weight is 290 g/mol. The molecule has 20 heavy (non-hydrogen) atoms. The molecule has 0 heterocycles. The fourth-order valence-corrected chi connectivity index (χ4v) is 1.22. The lowest BCUT2D eigenvalue weighted by molar-refractivity contribution is -0.252. The Labute approximate surface area is 120 Å². The van der Waals surface area contributed by atoms with Crippen LogP contribution in [0.5, 0.6) is 0 Å². The molecule has 2 atom stereocenters. The van der Waals surface area contributed by atoms with Crippen LogP contribution in [0.4, 0.5) is 0 Å². The van der Waals surface area contributed by atoms with E-state index in [0.29, 0.717) is 0 Å². The van der Waals surface area contributed by atoms with Gasteiger partial charge in [-0.05, 0) is 27.7 Å². The predicted octanol–water partition coefficient (Wildman–Crippen LogP) is 1.38. The van der Waals surface area contributed by atoms with Gasteiger partial charge in [-0.2, -0.15) is 0 Å². The van der Waals surface area contributed by atoms with Crippen molar-refractivity contribution in [3.8, 4) is 0 Å². The molecule has 0 aromatic carbocycles. The van der Waals surface area contributed by atoms with Crippen molar-refractivity contribution >= 4 is 11.9 Å². The topological polar surface area (TPSA) is 93.1 Å². The van der Waals surface area contributed by atoms with E-state index < -0.39 is 34.3 Å². The van der Waals surface area contributed by atoms with Crippen LogP contribution in [0, 0.1) is 5.41 Å². The summed E-state index contributed by atoms with van der Waals surface area (Å²) in [7, 11) is 0. The molecule has 118 valence electrons. The molecule has 2 unspecified atom stereocenters. The van der Waals surface area contributed by atoms with Gasteiger partial charge >= 0.3 is 11.9 Å². The number of ether oxygens (including phenoxy) is 2. The highest BCUT2D eigenvalue weighted by molar-refractivity contribution is 5.93. The zero-order chi connectivity index (χ0) is 16.6. The van der Waals surface area contributed by atoms with Gasteiger partial charge in [0.25, 0.3) is 5.79 Å². The van der Waals surface area contributed by atoms with E-state index in [0.717, 1.165) is 6.92 Å². The van der Waals surface area contributed by atoms with Gasteiger partial charge in [0.15, 0.2) is 5.60 Å². The molecule has 0 radical (unpaired) electrons. The third-order valence-corrected chi connectivity index (χ3v) is 2.93. The summed E-state index contributed by atoms with van der Waals surface area (Å²) in [4.78, 5) is 23.7. The molecular formula is C14H26O6. The first kappa shape index (κ1) is 19.0. The van der Waals surface area contributed by atoms with E-state index in [2.05, 4.69) is 4.74 Å². The minimum Gasteiger partial charge on any atom is -0.387 e. The summed E-state index contributed by atoms with van der Waals surface area (Å²) in [5, 5.41) is 20.0. The fraction of sp³-hybridized carbons (Fsp3) is 0.857. The monoisotopic (exact) mass is 290 g/mol. The van der Waals surface area contributed by atoms with Crippen LogP contribution in [0.2, 0.25) is 0 Å². The van der Waals surface area contributed by atoms with E-state index >= 15 is 0 Å². The summed E-state index contributed by atoms with van der Waals surface area (Å²) in [6.45, 7) is 12.1. The van der Waals surface area contributed by atoms with E-state index in [9.17, 15) is 19.8 Å². The van der Waals surface area contributed by atoms with E-state index in [1.54, 1.807) is 41.5 Å². The first-order valence-corrected chi connectivity index (χ1v) is 6.42. The molecule has 0 aliphatic carbocycles. The molecule has 6 nitrogen and oxygen atoms in total. The molecule has 0 amide bonds. The second-order valence-electron chi connectivity index (χ2n) is 7.20. The molecule has 0 aliphatic heterocycles. The Balaban J connectivity index is 4.99. The van der Waals surface area contributed by atoms with Crippen molar-refractivity contribution in [3.63, 3.8) is 0 Å². The lowest BCUT2D eigenvalue weighted by atomic mass is 9.78. The first-order chi connectivity index (χ1) is 8.51. The van der Waals surface area contributed by atoms with Gasteiger partial charge in [0.2, 0.25) is 0 Å². The highest BCUT2D eigenvalue weighted by Crippen LogP contribution is 2.31. The van der Waals surface area contributed by atoms with Crippen molar-refractivity contribution in [2.75, 3.05) is 0 Å². The third-order valence-electron chi connectivity index (χ3n) is 2.93. The lowest BCUT2D eigenvalue weighted by Crippen LogP contribution is -2.52. The summed E-state index contributed by atoms with van der Waals surface area (Å²) < 4.78 is 9.68. The quantitative estimate of drug-likeness (QED) is 0.463. The van der Waals surface area contributed by atoms with Crippen LogP contribution in [0.15, 0.2) is 0 Å². The Morgan fingerprint density at radius 2 is 1.20 bits per heavy atom. The van der Waals surface area contributed by atoms with Gasteiger partial charge in [0.1, 0.15) is 0 Å². The minimum absolute atomic E-state index is 0.807. The largest absolute Gasteiger partial charge is 0.387 e. The normalized spacial score (nSPS) is 18.9. The summed E-state index contributed by atoms with van der Waals surface area (Å²) in [5.74, 6) is -4.67. The van der Waals surface area contributed by atoms with Crippen molar-refractivity contribution in [3.05, 3.63) is 0 Å². The van der Waals surface area contributed by atoms with Crippen LogP contribution in [0.25, 0.3) is 0 Å². The van der Waals surface area contributed by atoms with Crippen molar-refractivity contribution < 1.29 is 29.3 Å². The second-order valence-corrected chi connectivity index (χ2v) is 7.20. The summed E-state index contributed by atoms with van der Waals surface area (Å²) in [5.41, 5.74) is -3.51. The smallest absolute Gasteiger partial charge is 0.374 e. The molecule has 0 aromatic rings. The van der Waals surface area contributed by atoms with Crippen LogP contribution in [-0.4, -0.2) is 39.1 Å². The molecule has 0 saturated carbocycles. The average Bonchev–Trinajstić information content (AvgIpc) is 2.11. The molecule has 0 spiro atoms. The van der Waals surface area contributed by atoms with Crippen LogP contribution in [-0.2, 0) is 19.1 Å². The summed E-state index contributed by atoms with van der Waals surface area (Å²) in [6.07, 6.45) is 0. The SMILES string of the molecule is CC(C)(C)OC(C)(O)C(=O)OC(=O)C(C)(O)C(C)(C)C. The Kier molecular flexibility index (Phi) is 5.16. The van der Waals surface area contributed by atoms with Crippen LogP contribution >= 0.6 is 0 Å². The Morgan fingerprint density at radius 3 is 1.50 bits per heavy atom. The highest BCUT2D eigenvalue weighted by Gasteiger charge is 2.47. The number of hydrogen-bond acceptors (Lipinski definition) is 6. The molecule has 2 N–H and O–H groups in total. The number of esters is 2. The maximum Gasteiger partial charge on any atom is 0.374 e. The summed E-state index contributed by atoms with van der Waals surface area (Å²) >= 11 is 0.